The predicted octanol–water partition coefficient (Wildman–Crippen LogP) is 4.03. The van der Waals surface area contributed by atoms with Crippen LogP contribution < -0.4 is 0 Å². The van der Waals surface area contributed by atoms with Crippen LogP contribution >= 0.6 is 11.6 Å². The maximum Gasteiger partial charge on any atom is 0.178 e. The van der Waals surface area contributed by atoms with Crippen LogP contribution in [-0.4, -0.2) is 10.8 Å². The molecule has 2 rings (SSSR count). The molecular weight excluding hydrogens is 258 g/mol. The number of carbonyl (C=O) groups is 1. The molecule has 1 heterocycles. The molecule has 0 aliphatic rings. The van der Waals surface area contributed by atoms with Crippen molar-refractivity contribution in [2.75, 3.05) is 0 Å². The zero-order valence-corrected chi connectivity index (χ0v) is 11.9. The van der Waals surface area contributed by atoms with Crippen molar-refractivity contribution < 1.29 is 4.79 Å². The minimum Gasteiger partial charge on any atom is -0.293 e. The molecule has 3 heteroatoms. The third-order valence-electron chi connectivity index (χ3n) is 3.15. The number of hydrogen-bond donors (Lipinski definition) is 0. The molecule has 19 heavy (non-hydrogen) atoms. The largest absolute Gasteiger partial charge is 0.293 e. The van der Waals surface area contributed by atoms with Crippen molar-refractivity contribution in [2.24, 2.45) is 0 Å². The van der Waals surface area contributed by atoms with Crippen LogP contribution in [0.15, 0.2) is 36.4 Å². The van der Waals surface area contributed by atoms with E-state index in [1.807, 2.05) is 24.3 Å². The van der Waals surface area contributed by atoms with Gasteiger partial charge >= 0.3 is 0 Å². The number of benzene rings is 1. The van der Waals surface area contributed by atoms with Crippen LogP contribution in [0.2, 0.25) is 5.02 Å². The normalized spacial score (nSPS) is 10.5. The minimum atomic E-state index is -0.00391. The van der Waals surface area contributed by atoms with Crippen molar-refractivity contribution >= 4 is 17.4 Å². The number of Topliss-reactive ketones (excluding diaryl/α,β-unsaturated/α-hetero) is 1. The van der Waals surface area contributed by atoms with E-state index >= 15 is 0 Å². The average molecular weight is 274 g/mol. The topological polar surface area (TPSA) is 30.0 Å². The van der Waals surface area contributed by atoms with E-state index in [2.05, 4.69) is 18.0 Å². The van der Waals surface area contributed by atoms with E-state index in [0.717, 1.165) is 29.1 Å². The molecule has 1 aromatic carbocycles. The van der Waals surface area contributed by atoms with Crippen LogP contribution in [0.1, 0.15) is 34.2 Å². The molecule has 2 aromatic rings. The van der Waals surface area contributed by atoms with Gasteiger partial charge in [-0.15, -0.1) is 0 Å². The molecule has 0 N–H and O–H groups in total. The van der Waals surface area contributed by atoms with Crippen molar-refractivity contribution in [3.8, 4) is 0 Å². The second kappa shape index (κ2) is 5.98. The smallest absolute Gasteiger partial charge is 0.178 e. The van der Waals surface area contributed by atoms with Gasteiger partial charge in [0.25, 0.3) is 0 Å². The van der Waals surface area contributed by atoms with E-state index in [9.17, 15) is 4.79 Å². The highest BCUT2D eigenvalue weighted by Gasteiger charge is 2.06. The number of aromatic nitrogens is 1. The summed E-state index contributed by atoms with van der Waals surface area (Å²) in [5.41, 5.74) is 3.79. The molecule has 0 unspecified atom stereocenters. The summed E-state index contributed by atoms with van der Waals surface area (Å²) in [6.07, 6.45) is 1.62. The molecule has 0 fully saturated rings. The van der Waals surface area contributed by atoms with Gasteiger partial charge in [0.1, 0.15) is 5.69 Å². The maximum absolute atomic E-state index is 11.3. The first-order valence-corrected chi connectivity index (χ1v) is 6.66. The second-order valence-corrected chi connectivity index (χ2v) is 5.01. The summed E-state index contributed by atoms with van der Waals surface area (Å²) in [6, 6.07) is 11.5. The van der Waals surface area contributed by atoms with Crippen molar-refractivity contribution in [3.63, 3.8) is 0 Å². The third kappa shape index (κ3) is 3.42. The van der Waals surface area contributed by atoms with Gasteiger partial charge in [-0.25, -0.2) is 4.98 Å². The van der Waals surface area contributed by atoms with Gasteiger partial charge in [0.05, 0.1) is 0 Å². The Hall–Kier alpha value is -1.67. The molecule has 0 saturated heterocycles. The first-order chi connectivity index (χ1) is 9.08. The fourth-order valence-electron chi connectivity index (χ4n) is 2.05. The summed E-state index contributed by atoms with van der Waals surface area (Å²) in [4.78, 5) is 15.7. The van der Waals surface area contributed by atoms with Gasteiger partial charge < -0.3 is 0 Å². The number of rotatable bonds is 4. The van der Waals surface area contributed by atoms with Crippen molar-refractivity contribution in [2.45, 2.75) is 26.7 Å². The van der Waals surface area contributed by atoms with E-state index in [-0.39, 0.29) is 5.78 Å². The molecule has 0 saturated carbocycles. The highest BCUT2D eigenvalue weighted by molar-refractivity contribution is 6.31. The maximum atomic E-state index is 11.3. The lowest BCUT2D eigenvalue weighted by molar-refractivity contribution is 0.101. The Bertz CT molecular complexity index is 587. The number of halogens is 1. The summed E-state index contributed by atoms with van der Waals surface area (Å²) >= 11 is 6.20. The van der Waals surface area contributed by atoms with Crippen LogP contribution in [0.4, 0.5) is 0 Å². The molecule has 0 bridgehead atoms. The van der Waals surface area contributed by atoms with Gasteiger partial charge in [0, 0.05) is 17.6 Å². The van der Waals surface area contributed by atoms with Crippen LogP contribution in [0.5, 0.6) is 0 Å². The summed E-state index contributed by atoms with van der Waals surface area (Å²) in [7, 11) is 0. The van der Waals surface area contributed by atoms with Crippen molar-refractivity contribution in [3.05, 3.63) is 63.9 Å². The van der Waals surface area contributed by atoms with Crippen LogP contribution in [0, 0.1) is 6.92 Å². The molecule has 98 valence electrons. The van der Waals surface area contributed by atoms with Crippen LogP contribution in [0.3, 0.4) is 0 Å². The van der Waals surface area contributed by atoms with E-state index in [4.69, 9.17) is 11.6 Å². The Balaban J connectivity index is 2.15. The van der Waals surface area contributed by atoms with Gasteiger partial charge in [-0.1, -0.05) is 29.8 Å². The van der Waals surface area contributed by atoms with Gasteiger partial charge in [-0.3, -0.25) is 4.79 Å². The van der Waals surface area contributed by atoms with Crippen LogP contribution in [0.25, 0.3) is 0 Å². The number of ketones is 1. The van der Waals surface area contributed by atoms with E-state index in [1.54, 1.807) is 6.07 Å². The summed E-state index contributed by atoms with van der Waals surface area (Å²) < 4.78 is 0. The fraction of sp³-hybridized carbons (Fsp3) is 0.250. The lowest BCUT2D eigenvalue weighted by Gasteiger charge is -2.08. The monoisotopic (exact) mass is 273 g/mol. The van der Waals surface area contributed by atoms with E-state index in [0.29, 0.717) is 5.69 Å². The summed E-state index contributed by atoms with van der Waals surface area (Å²) in [6.45, 7) is 3.59. The van der Waals surface area contributed by atoms with Crippen molar-refractivity contribution in [1.82, 2.24) is 4.98 Å². The predicted molar refractivity (Wildman–Crippen MR) is 77.8 cm³/mol. The molecule has 1 aromatic heterocycles. The van der Waals surface area contributed by atoms with E-state index < -0.39 is 0 Å². The highest BCUT2D eigenvalue weighted by atomic mass is 35.5. The lowest BCUT2D eigenvalue weighted by Crippen LogP contribution is -2.02. The molecule has 0 aliphatic heterocycles. The molecular formula is C16H16ClNO. The first-order valence-electron chi connectivity index (χ1n) is 6.29. The summed E-state index contributed by atoms with van der Waals surface area (Å²) in [5, 5.41) is 0.794. The Kier molecular flexibility index (Phi) is 4.33. The number of aryl methyl sites for hydroxylation is 2. The standard InChI is InChI=1S/C16H16ClNO/c1-11-5-3-7-15(17)14(11)10-9-13-6-4-8-16(18-13)12(2)19/h3-8H,9-10H2,1-2H3. The Morgan fingerprint density at radius 2 is 1.89 bits per heavy atom. The number of carbonyl (C=O) groups excluding carboxylic acids is 1. The van der Waals surface area contributed by atoms with Gasteiger partial charge in [0.15, 0.2) is 5.78 Å². The van der Waals surface area contributed by atoms with Gasteiger partial charge in [-0.05, 0) is 49.1 Å². The third-order valence-corrected chi connectivity index (χ3v) is 3.51. The SMILES string of the molecule is CC(=O)c1cccc(CCc2c(C)cccc2Cl)n1. The number of pyridine rings is 1. The molecule has 0 aliphatic carbocycles. The second-order valence-electron chi connectivity index (χ2n) is 4.61. The fourth-order valence-corrected chi connectivity index (χ4v) is 2.37. The van der Waals surface area contributed by atoms with Crippen molar-refractivity contribution in [1.29, 1.82) is 0 Å². The zero-order valence-electron chi connectivity index (χ0n) is 11.1. The molecule has 2 nitrogen and oxygen atoms in total. The van der Waals surface area contributed by atoms with E-state index in [1.165, 1.54) is 12.5 Å². The highest BCUT2D eigenvalue weighted by Crippen LogP contribution is 2.21. The molecule has 0 radical (unpaired) electrons. The number of hydrogen-bond acceptors (Lipinski definition) is 2. The molecule has 0 spiro atoms. The Labute approximate surface area is 118 Å². The molecule has 0 amide bonds. The quantitative estimate of drug-likeness (QED) is 0.787. The average Bonchev–Trinajstić information content (AvgIpc) is 2.38. The first kappa shape index (κ1) is 13.8. The van der Waals surface area contributed by atoms with Gasteiger partial charge in [-0.2, -0.15) is 0 Å². The Morgan fingerprint density at radius 1 is 1.16 bits per heavy atom. The zero-order chi connectivity index (χ0) is 13.8. The lowest BCUT2D eigenvalue weighted by atomic mass is 10.0. The molecule has 0 atom stereocenters. The Morgan fingerprint density at radius 3 is 2.58 bits per heavy atom. The number of nitrogens with zero attached hydrogens (tertiary/aromatic N) is 1. The summed E-state index contributed by atoms with van der Waals surface area (Å²) in [5.74, 6) is -0.00391. The minimum absolute atomic E-state index is 0.00391. The van der Waals surface area contributed by atoms with Crippen LogP contribution in [-0.2, 0) is 12.8 Å². The van der Waals surface area contributed by atoms with Gasteiger partial charge in [0.2, 0.25) is 0 Å².